The maximum Gasteiger partial charge on any atom is 0.276 e. The van der Waals surface area contributed by atoms with Crippen molar-refractivity contribution in [2.45, 2.75) is 0 Å². The van der Waals surface area contributed by atoms with E-state index in [9.17, 15) is 15.3 Å². The lowest BCUT2D eigenvalue weighted by Gasteiger charge is -2.05. The van der Waals surface area contributed by atoms with Gasteiger partial charge in [-0.1, -0.05) is 11.6 Å². The predicted molar refractivity (Wildman–Crippen MR) is 69.9 cm³/mol. The summed E-state index contributed by atoms with van der Waals surface area (Å²) in [4.78, 5) is 14.5. The van der Waals surface area contributed by atoms with Crippen molar-refractivity contribution in [3.05, 3.63) is 56.7 Å². The molecule has 0 N–H and O–H groups in total. The van der Waals surface area contributed by atoms with E-state index in [1.54, 1.807) is 12.1 Å². The molecule has 2 aromatic carbocycles. The molecular formula is C12H6ClN3O3. The van der Waals surface area contributed by atoms with Crippen LogP contribution >= 0.6 is 11.6 Å². The number of hydrogen-bond donors (Lipinski definition) is 0. The molecule has 94 valence electrons. The monoisotopic (exact) mass is 275 g/mol. The average molecular weight is 276 g/mol. The van der Waals surface area contributed by atoms with Gasteiger partial charge in [0.15, 0.2) is 0 Å². The SMILES string of the molecule is O=[N+]([O-])c1ccc2nc3ccc(Cl)cc3[n+]([O-])c2c1. The number of non-ortho nitro benzene ring substituents is 1. The van der Waals surface area contributed by atoms with Crippen LogP contribution in [0.3, 0.4) is 0 Å². The third kappa shape index (κ3) is 1.82. The van der Waals surface area contributed by atoms with E-state index < -0.39 is 4.92 Å². The molecule has 0 bridgehead atoms. The molecule has 3 rings (SSSR count). The number of nitro groups is 1. The summed E-state index contributed by atoms with van der Waals surface area (Å²) in [6, 6.07) is 8.72. The minimum atomic E-state index is -0.554. The van der Waals surface area contributed by atoms with Gasteiger partial charge in [-0.25, -0.2) is 4.98 Å². The highest BCUT2D eigenvalue weighted by Gasteiger charge is 2.16. The van der Waals surface area contributed by atoms with Crippen LogP contribution in [0.1, 0.15) is 0 Å². The fourth-order valence-electron chi connectivity index (χ4n) is 1.90. The zero-order chi connectivity index (χ0) is 13.6. The number of rotatable bonds is 1. The molecule has 1 heterocycles. The fraction of sp³-hybridized carbons (Fsp3) is 0. The third-order valence-electron chi connectivity index (χ3n) is 2.79. The largest absolute Gasteiger partial charge is 0.618 e. The highest BCUT2D eigenvalue weighted by molar-refractivity contribution is 6.31. The summed E-state index contributed by atoms with van der Waals surface area (Å²) in [5.74, 6) is 0. The second-order valence-electron chi connectivity index (χ2n) is 3.97. The molecule has 19 heavy (non-hydrogen) atoms. The van der Waals surface area contributed by atoms with Gasteiger partial charge in [0.05, 0.1) is 11.0 Å². The van der Waals surface area contributed by atoms with Crippen molar-refractivity contribution in [1.82, 2.24) is 4.98 Å². The van der Waals surface area contributed by atoms with Gasteiger partial charge in [-0.2, -0.15) is 4.73 Å². The van der Waals surface area contributed by atoms with Gasteiger partial charge in [-0.3, -0.25) is 10.1 Å². The quantitative estimate of drug-likeness (QED) is 0.225. The summed E-state index contributed by atoms with van der Waals surface area (Å²) < 4.78 is 0.608. The number of nitrogens with zero attached hydrogens (tertiary/aromatic N) is 3. The van der Waals surface area contributed by atoms with Crippen molar-refractivity contribution < 1.29 is 9.65 Å². The van der Waals surface area contributed by atoms with Crippen LogP contribution in [-0.2, 0) is 0 Å². The predicted octanol–water partition coefficient (Wildman–Crippen LogP) is 2.58. The van der Waals surface area contributed by atoms with Gasteiger partial charge in [0.2, 0.25) is 11.0 Å². The zero-order valence-corrected chi connectivity index (χ0v) is 10.2. The Bertz CT molecular complexity index is 835. The second-order valence-corrected chi connectivity index (χ2v) is 4.41. The van der Waals surface area contributed by atoms with Gasteiger partial charge in [0.25, 0.3) is 5.69 Å². The van der Waals surface area contributed by atoms with Crippen LogP contribution in [0.25, 0.3) is 22.1 Å². The molecule has 0 aliphatic carbocycles. The normalized spacial score (nSPS) is 11.0. The molecule has 0 radical (unpaired) electrons. The first-order valence-electron chi connectivity index (χ1n) is 5.33. The zero-order valence-electron chi connectivity index (χ0n) is 9.41. The first-order valence-corrected chi connectivity index (χ1v) is 5.71. The van der Waals surface area contributed by atoms with Crippen molar-refractivity contribution in [1.29, 1.82) is 0 Å². The van der Waals surface area contributed by atoms with Crippen molar-refractivity contribution in [3.63, 3.8) is 0 Å². The molecule has 0 spiro atoms. The third-order valence-corrected chi connectivity index (χ3v) is 3.02. The second kappa shape index (κ2) is 4.03. The van der Waals surface area contributed by atoms with Gasteiger partial charge in [-0.15, -0.1) is 0 Å². The van der Waals surface area contributed by atoms with Crippen LogP contribution < -0.4 is 4.73 Å². The Hall–Kier alpha value is -2.47. The summed E-state index contributed by atoms with van der Waals surface area (Å²) >= 11 is 5.84. The summed E-state index contributed by atoms with van der Waals surface area (Å²) in [6.07, 6.45) is 0. The lowest BCUT2D eigenvalue weighted by atomic mass is 10.2. The first-order chi connectivity index (χ1) is 9.06. The standard InChI is InChI=1S/C12H6ClN3O3/c13-7-1-3-9-11(5-7)15(17)12-6-8(16(18)19)2-4-10(12)14-9/h1-6H. The maximum absolute atomic E-state index is 12.2. The van der Waals surface area contributed by atoms with Crippen LogP contribution in [0.2, 0.25) is 5.02 Å². The van der Waals surface area contributed by atoms with E-state index in [0.717, 1.165) is 0 Å². The molecule has 3 aromatic rings. The Morgan fingerprint density at radius 1 is 1.11 bits per heavy atom. The minimum absolute atomic E-state index is 0.143. The molecule has 0 fully saturated rings. The van der Waals surface area contributed by atoms with Crippen LogP contribution in [-0.4, -0.2) is 9.91 Å². The molecule has 0 aliphatic heterocycles. The topological polar surface area (TPSA) is 83.0 Å². The summed E-state index contributed by atoms with van der Waals surface area (Å²) in [7, 11) is 0. The molecule has 0 aliphatic rings. The van der Waals surface area contributed by atoms with Crippen molar-refractivity contribution in [2.75, 3.05) is 0 Å². The molecule has 1 aromatic heterocycles. The van der Waals surface area contributed by atoms with Gasteiger partial charge in [0, 0.05) is 17.2 Å². The van der Waals surface area contributed by atoms with Crippen molar-refractivity contribution in [2.24, 2.45) is 0 Å². The lowest BCUT2D eigenvalue weighted by Crippen LogP contribution is -2.28. The van der Waals surface area contributed by atoms with Crippen molar-refractivity contribution in [3.8, 4) is 0 Å². The highest BCUT2D eigenvalue weighted by atomic mass is 35.5. The Morgan fingerprint density at radius 3 is 2.42 bits per heavy atom. The van der Waals surface area contributed by atoms with Crippen LogP contribution in [0.15, 0.2) is 36.4 Å². The van der Waals surface area contributed by atoms with Gasteiger partial charge in [0.1, 0.15) is 11.0 Å². The van der Waals surface area contributed by atoms with Crippen molar-refractivity contribution >= 4 is 39.4 Å². The molecule has 0 saturated carbocycles. The van der Waals surface area contributed by atoms with E-state index in [1.807, 2.05) is 0 Å². The molecule has 0 saturated heterocycles. The van der Waals surface area contributed by atoms with Crippen LogP contribution in [0.4, 0.5) is 5.69 Å². The molecule has 0 amide bonds. The number of nitro benzene ring substituents is 1. The summed E-state index contributed by atoms with van der Waals surface area (Å²) in [5.41, 5.74) is 1.15. The first kappa shape index (κ1) is 11.6. The Kier molecular flexibility index (Phi) is 2.46. The number of halogens is 1. The summed E-state index contributed by atoms with van der Waals surface area (Å²) in [5, 5.41) is 23.3. The van der Waals surface area contributed by atoms with Gasteiger partial charge >= 0.3 is 0 Å². The Morgan fingerprint density at radius 2 is 1.74 bits per heavy atom. The number of fused-ring (bicyclic) bond motifs is 2. The summed E-state index contributed by atoms with van der Waals surface area (Å²) in [6.45, 7) is 0. The number of benzene rings is 2. The van der Waals surface area contributed by atoms with Gasteiger partial charge < -0.3 is 5.21 Å². The van der Waals surface area contributed by atoms with Gasteiger partial charge in [-0.05, 0) is 18.2 Å². The fourth-order valence-corrected chi connectivity index (χ4v) is 2.06. The lowest BCUT2D eigenvalue weighted by molar-refractivity contribution is -0.548. The average Bonchev–Trinajstić information content (AvgIpc) is 2.39. The van der Waals surface area contributed by atoms with E-state index in [1.165, 1.54) is 24.3 Å². The number of hydrogen-bond acceptors (Lipinski definition) is 4. The molecule has 7 heteroatoms. The molecule has 0 unspecified atom stereocenters. The minimum Gasteiger partial charge on any atom is -0.618 e. The smallest absolute Gasteiger partial charge is 0.276 e. The molecule has 6 nitrogen and oxygen atoms in total. The highest BCUT2D eigenvalue weighted by Crippen LogP contribution is 2.21. The van der Waals surface area contributed by atoms with Crippen LogP contribution in [0, 0.1) is 15.3 Å². The number of aromatic nitrogens is 2. The van der Waals surface area contributed by atoms with E-state index in [4.69, 9.17) is 11.6 Å². The molecular weight excluding hydrogens is 270 g/mol. The Labute approximate surface area is 111 Å². The Balaban J connectivity index is 2.44. The van der Waals surface area contributed by atoms with Crippen LogP contribution in [0.5, 0.6) is 0 Å². The van der Waals surface area contributed by atoms with E-state index in [-0.39, 0.29) is 16.7 Å². The maximum atomic E-state index is 12.2. The van der Waals surface area contributed by atoms with E-state index in [2.05, 4.69) is 4.98 Å². The van der Waals surface area contributed by atoms with E-state index >= 15 is 0 Å². The molecule has 0 atom stereocenters. The van der Waals surface area contributed by atoms with E-state index in [0.29, 0.717) is 20.8 Å².